The van der Waals surface area contributed by atoms with Crippen LogP contribution in [0.5, 0.6) is 5.75 Å². The molecule has 4 fully saturated rings. The molecule has 0 unspecified atom stereocenters. The van der Waals surface area contributed by atoms with Crippen molar-refractivity contribution in [3.63, 3.8) is 0 Å². The number of pyridine rings is 1. The molecule has 11 heteroatoms. The Morgan fingerprint density at radius 1 is 1.00 bits per heavy atom. The van der Waals surface area contributed by atoms with E-state index in [0.717, 1.165) is 80.6 Å². The van der Waals surface area contributed by atoms with Gasteiger partial charge in [-0.2, -0.15) is 5.10 Å². The number of aryl methyl sites for hydroxylation is 1. The fraction of sp³-hybridized carbons (Fsp3) is 0.564. The Kier molecular flexibility index (Phi) is 8.83. The van der Waals surface area contributed by atoms with E-state index in [1.54, 1.807) is 23.9 Å². The van der Waals surface area contributed by atoms with Gasteiger partial charge in [-0.1, -0.05) is 18.2 Å². The molecular formula is C39H49FN6O4. The van der Waals surface area contributed by atoms with Crippen molar-refractivity contribution in [3.05, 3.63) is 53.2 Å². The second-order valence-electron chi connectivity index (χ2n) is 15.3. The number of benzene rings is 1. The molecule has 0 bridgehead atoms. The van der Waals surface area contributed by atoms with Crippen LogP contribution < -0.4 is 10.5 Å². The molecule has 1 aromatic carbocycles. The Balaban J connectivity index is 1.12. The number of ether oxygens (including phenoxy) is 1. The second kappa shape index (κ2) is 13.3. The number of aliphatic hydroxyl groups is 1. The second-order valence-corrected chi connectivity index (χ2v) is 15.3. The molecule has 0 radical (unpaired) electrons. The number of aromatic nitrogens is 3. The van der Waals surface area contributed by atoms with Gasteiger partial charge in [-0.3, -0.25) is 9.59 Å². The molecule has 4 aromatic rings. The summed E-state index contributed by atoms with van der Waals surface area (Å²) >= 11 is 0. The fourth-order valence-electron chi connectivity index (χ4n) is 8.84. The number of likely N-dealkylation sites (tertiary alicyclic amines) is 2. The third kappa shape index (κ3) is 6.16. The molecule has 3 N–H and O–H groups in total. The lowest BCUT2D eigenvalue weighted by molar-refractivity contribution is -0.138. The molecule has 4 aliphatic rings. The van der Waals surface area contributed by atoms with Gasteiger partial charge in [0.05, 0.1) is 36.5 Å². The first-order valence-corrected chi connectivity index (χ1v) is 18.5. The first-order valence-electron chi connectivity index (χ1n) is 18.5. The summed E-state index contributed by atoms with van der Waals surface area (Å²) in [7, 11) is 1.60. The Morgan fingerprint density at radius 2 is 1.76 bits per heavy atom. The number of rotatable bonds is 7. The van der Waals surface area contributed by atoms with Crippen LogP contribution in [0.3, 0.4) is 0 Å². The summed E-state index contributed by atoms with van der Waals surface area (Å²) in [5.74, 6) is 1.54. The maximum Gasteiger partial charge on any atom is 0.255 e. The smallest absolute Gasteiger partial charge is 0.255 e. The van der Waals surface area contributed by atoms with Crippen molar-refractivity contribution >= 4 is 28.2 Å². The summed E-state index contributed by atoms with van der Waals surface area (Å²) in [5.41, 5.74) is 12.7. The van der Waals surface area contributed by atoms with Crippen molar-refractivity contribution in [3.8, 4) is 17.1 Å². The minimum absolute atomic E-state index is 0.0285. The fourth-order valence-corrected chi connectivity index (χ4v) is 8.84. The maximum atomic E-state index is 14.4. The molecule has 3 aromatic heterocycles. The molecule has 10 nitrogen and oxygen atoms in total. The topological polar surface area (TPSA) is 118 Å². The van der Waals surface area contributed by atoms with Gasteiger partial charge in [0, 0.05) is 55.3 Å². The van der Waals surface area contributed by atoms with E-state index >= 15 is 0 Å². The van der Waals surface area contributed by atoms with Crippen molar-refractivity contribution in [1.29, 1.82) is 0 Å². The quantitative estimate of drug-likeness (QED) is 0.267. The van der Waals surface area contributed by atoms with E-state index < -0.39 is 12.2 Å². The SMILES string of the molecule is COc1cc(C(=O)N2C[C@H](N)C[C@@H](F)C2)cn2nc(-c3cc4cccc(C5CCN(C(=O)C6CCC(O)CC6)CC5)c4n3CC3CC3)c(C)c12. The number of halogens is 1. The van der Waals surface area contributed by atoms with Gasteiger partial charge in [0.2, 0.25) is 5.91 Å². The van der Waals surface area contributed by atoms with Crippen molar-refractivity contribution in [2.75, 3.05) is 33.3 Å². The molecule has 0 spiro atoms. The highest BCUT2D eigenvalue weighted by Gasteiger charge is 2.34. The summed E-state index contributed by atoms with van der Waals surface area (Å²) < 4.78 is 24.4. The number of methoxy groups -OCH3 is 1. The van der Waals surface area contributed by atoms with E-state index in [9.17, 15) is 19.1 Å². The first kappa shape index (κ1) is 33.2. The Morgan fingerprint density at radius 3 is 2.46 bits per heavy atom. The number of nitrogens with zero attached hydrogens (tertiary/aromatic N) is 5. The van der Waals surface area contributed by atoms with Crippen LogP contribution in [-0.4, -0.2) is 92.5 Å². The summed E-state index contributed by atoms with van der Waals surface area (Å²) in [6.45, 7) is 4.83. The summed E-state index contributed by atoms with van der Waals surface area (Å²) in [6, 6.07) is 10.2. The van der Waals surface area contributed by atoms with Gasteiger partial charge in [-0.25, -0.2) is 8.91 Å². The lowest BCUT2D eigenvalue weighted by atomic mass is 9.84. The lowest BCUT2D eigenvalue weighted by Gasteiger charge is -2.36. The minimum atomic E-state index is -1.14. The van der Waals surface area contributed by atoms with Gasteiger partial charge in [0.25, 0.3) is 5.91 Å². The third-order valence-electron chi connectivity index (χ3n) is 11.7. The van der Waals surface area contributed by atoms with Gasteiger partial charge in [0.15, 0.2) is 0 Å². The van der Waals surface area contributed by atoms with Gasteiger partial charge < -0.3 is 29.9 Å². The highest BCUT2D eigenvalue weighted by Crippen LogP contribution is 2.42. The molecule has 266 valence electrons. The van der Waals surface area contributed by atoms with E-state index in [1.165, 1.54) is 34.2 Å². The number of hydrogen-bond donors (Lipinski definition) is 2. The third-order valence-corrected chi connectivity index (χ3v) is 11.7. The van der Waals surface area contributed by atoms with Gasteiger partial charge >= 0.3 is 0 Å². The predicted octanol–water partition coefficient (Wildman–Crippen LogP) is 5.45. The number of amides is 2. The zero-order valence-electron chi connectivity index (χ0n) is 29.2. The highest BCUT2D eigenvalue weighted by atomic mass is 19.1. The number of fused-ring (bicyclic) bond motifs is 2. The lowest BCUT2D eigenvalue weighted by Crippen LogP contribution is -2.50. The molecule has 2 saturated carbocycles. The Hall–Kier alpha value is -3.96. The molecule has 2 atom stereocenters. The van der Waals surface area contributed by atoms with E-state index in [4.69, 9.17) is 15.6 Å². The molecule has 2 aliphatic carbocycles. The number of hydrogen-bond acceptors (Lipinski definition) is 6. The zero-order valence-corrected chi connectivity index (χ0v) is 29.2. The highest BCUT2D eigenvalue weighted by molar-refractivity contribution is 5.96. The van der Waals surface area contributed by atoms with Crippen LogP contribution in [0.15, 0.2) is 36.5 Å². The number of carbonyl (C=O) groups excluding carboxylic acids is 2. The molecule has 2 aliphatic heterocycles. The van der Waals surface area contributed by atoms with Crippen LogP contribution >= 0.6 is 0 Å². The first-order chi connectivity index (χ1) is 24.2. The number of aliphatic hydroxyl groups excluding tert-OH is 1. The van der Waals surface area contributed by atoms with Crippen molar-refractivity contribution < 1.29 is 23.8 Å². The molecule has 2 amide bonds. The molecule has 5 heterocycles. The van der Waals surface area contributed by atoms with Crippen molar-refractivity contribution in [2.45, 2.75) is 95.5 Å². The summed E-state index contributed by atoms with van der Waals surface area (Å²) in [5, 5.41) is 16.2. The largest absolute Gasteiger partial charge is 0.494 e. The molecule has 2 saturated heterocycles. The predicted molar refractivity (Wildman–Crippen MR) is 190 cm³/mol. The maximum absolute atomic E-state index is 14.4. The molecule has 8 rings (SSSR count). The number of alkyl halides is 1. The van der Waals surface area contributed by atoms with Crippen LogP contribution in [-0.2, 0) is 11.3 Å². The Labute approximate surface area is 292 Å². The average Bonchev–Trinajstić information content (AvgIpc) is 3.78. The van der Waals surface area contributed by atoms with Crippen LogP contribution in [0, 0.1) is 18.8 Å². The van der Waals surface area contributed by atoms with Gasteiger partial charge in [-0.15, -0.1) is 0 Å². The Bertz CT molecular complexity index is 1910. The average molecular weight is 685 g/mol. The number of para-hydroxylation sites is 1. The standard InChI is InChI=1S/C39H49FN6O4/c1-23-35(42-46-20-28(17-34(50-2)36(23)46)39(49)44-21-29(40)18-30(41)22-44)33-16-27-4-3-5-32(37(27)45(33)19-24-6-7-24)25-12-14-43(15-13-25)38(48)26-8-10-31(47)11-9-26/h3-5,16-17,20,24-26,29-31,47H,6-15,18-19,21-22,41H2,1-2H3/t26?,29-,30-,31?/m1/s1. The van der Waals surface area contributed by atoms with Crippen LogP contribution in [0.1, 0.15) is 85.2 Å². The normalized spacial score (nSPS) is 25.1. The van der Waals surface area contributed by atoms with Gasteiger partial charge in [-0.05, 0) is 94.2 Å². The van der Waals surface area contributed by atoms with Crippen molar-refractivity contribution in [2.24, 2.45) is 17.6 Å². The number of nitrogens with two attached hydrogens (primary N) is 1. The summed E-state index contributed by atoms with van der Waals surface area (Å²) in [6.07, 6.45) is 7.89. The van der Waals surface area contributed by atoms with Crippen LogP contribution in [0.2, 0.25) is 0 Å². The molecular weight excluding hydrogens is 635 g/mol. The van der Waals surface area contributed by atoms with E-state index in [2.05, 4.69) is 40.7 Å². The number of carbonyl (C=O) groups is 2. The minimum Gasteiger partial charge on any atom is -0.494 e. The zero-order chi connectivity index (χ0) is 34.7. The van der Waals surface area contributed by atoms with E-state index in [1.807, 2.05) is 0 Å². The van der Waals surface area contributed by atoms with E-state index in [-0.39, 0.29) is 36.8 Å². The van der Waals surface area contributed by atoms with Crippen LogP contribution in [0.25, 0.3) is 27.8 Å². The van der Waals surface area contributed by atoms with Crippen LogP contribution in [0.4, 0.5) is 4.39 Å². The van der Waals surface area contributed by atoms with Gasteiger partial charge in [0.1, 0.15) is 23.1 Å². The number of piperidine rings is 2. The van der Waals surface area contributed by atoms with E-state index in [0.29, 0.717) is 29.7 Å². The summed E-state index contributed by atoms with van der Waals surface area (Å²) in [4.78, 5) is 30.5. The molecule has 50 heavy (non-hydrogen) atoms. The van der Waals surface area contributed by atoms with Crippen molar-refractivity contribution in [1.82, 2.24) is 24.0 Å². The monoisotopic (exact) mass is 684 g/mol.